The number of rotatable bonds is 7. The molecule has 0 saturated heterocycles. The summed E-state index contributed by atoms with van der Waals surface area (Å²) < 4.78 is 4.81. The number of nitro groups is 1. The molecule has 1 atom stereocenters. The van der Waals surface area contributed by atoms with E-state index in [4.69, 9.17) is 10.5 Å². The highest BCUT2D eigenvalue weighted by molar-refractivity contribution is 5.69. The fraction of sp³-hybridized carbons (Fsp3) is 0.462. The molecule has 6 nitrogen and oxygen atoms in total. The maximum absolute atomic E-state index is 11.2. The highest BCUT2D eigenvalue weighted by atomic mass is 16.6. The van der Waals surface area contributed by atoms with Gasteiger partial charge in [-0.05, 0) is 25.3 Å². The first kappa shape index (κ1) is 15.1. The van der Waals surface area contributed by atoms with Gasteiger partial charge in [0.15, 0.2) is 0 Å². The molecular weight excluding hydrogens is 248 g/mol. The van der Waals surface area contributed by atoms with Gasteiger partial charge < -0.3 is 10.5 Å². The third-order valence-corrected chi connectivity index (χ3v) is 2.71. The Labute approximate surface area is 111 Å². The van der Waals surface area contributed by atoms with Crippen LogP contribution in [0.15, 0.2) is 24.3 Å². The molecule has 1 rings (SSSR count). The van der Waals surface area contributed by atoms with Crippen molar-refractivity contribution in [3.05, 3.63) is 39.9 Å². The van der Waals surface area contributed by atoms with E-state index in [2.05, 4.69) is 0 Å². The average Bonchev–Trinajstić information content (AvgIpc) is 2.39. The van der Waals surface area contributed by atoms with E-state index in [0.29, 0.717) is 31.4 Å². The standard InChI is InChI=1S/C13H18N2O4/c1-2-19-13(16)8-4-7-12(14)10-5-3-6-11(9-10)15(17)18/h3,5-6,9,12H,2,4,7-8,14H2,1H3. The summed E-state index contributed by atoms with van der Waals surface area (Å²) in [5, 5.41) is 10.7. The molecule has 1 unspecified atom stereocenters. The number of nitro benzene ring substituents is 1. The van der Waals surface area contributed by atoms with Crippen molar-refractivity contribution in [1.29, 1.82) is 0 Å². The molecule has 1 aromatic rings. The molecule has 0 aliphatic heterocycles. The average molecular weight is 266 g/mol. The van der Waals surface area contributed by atoms with Crippen LogP contribution in [0.3, 0.4) is 0 Å². The summed E-state index contributed by atoms with van der Waals surface area (Å²) in [6.45, 7) is 2.13. The SMILES string of the molecule is CCOC(=O)CCCC(N)c1cccc([N+](=O)[O-])c1. The van der Waals surface area contributed by atoms with Crippen LogP contribution in [-0.4, -0.2) is 17.5 Å². The largest absolute Gasteiger partial charge is 0.466 e. The van der Waals surface area contributed by atoms with Gasteiger partial charge in [-0.1, -0.05) is 12.1 Å². The minimum atomic E-state index is -0.450. The Morgan fingerprint density at radius 2 is 2.26 bits per heavy atom. The number of ether oxygens (including phenoxy) is 1. The number of hydrogen-bond donors (Lipinski definition) is 1. The van der Waals surface area contributed by atoms with Crippen LogP contribution in [0.4, 0.5) is 5.69 Å². The molecule has 0 radical (unpaired) electrons. The lowest BCUT2D eigenvalue weighted by Crippen LogP contribution is -2.12. The molecule has 0 amide bonds. The molecule has 0 aliphatic carbocycles. The van der Waals surface area contributed by atoms with Crippen molar-refractivity contribution in [3.63, 3.8) is 0 Å². The third kappa shape index (κ3) is 5.05. The van der Waals surface area contributed by atoms with Gasteiger partial charge in [0.2, 0.25) is 0 Å². The number of carbonyl (C=O) groups excluding carboxylic acids is 1. The molecule has 104 valence electrons. The fourth-order valence-electron chi connectivity index (χ4n) is 1.74. The molecule has 19 heavy (non-hydrogen) atoms. The van der Waals surface area contributed by atoms with Crippen molar-refractivity contribution in [1.82, 2.24) is 0 Å². The van der Waals surface area contributed by atoms with Crippen LogP contribution in [0.5, 0.6) is 0 Å². The van der Waals surface area contributed by atoms with Gasteiger partial charge in [0.1, 0.15) is 0 Å². The van der Waals surface area contributed by atoms with Gasteiger partial charge in [0, 0.05) is 24.6 Å². The van der Waals surface area contributed by atoms with Crippen molar-refractivity contribution in [2.24, 2.45) is 5.73 Å². The molecule has 0 aromatic heterocycles. The van der Waals surface area contributed by atoms with E-state index in [1.165, 1.54) is 12.1 Å². The molecule has 0 aliphatic rings. The predicted octanol–water partition coefficient (Wildman–Crippen LogP) is 2.33. The van der Waals surface area contributed by atoms with Crippen molar-refractivity contribution >= 4 is 11.7 Å². The van der Waals surface area contributed by atoms with E-state index in [-0.39, 0.29) is 17.7 Å². The second-order valence-electron chi connectivity index (χ2n) is 4.16. The Morgan fingerprint density at radius 1 is 1.53 bits per heavy atom. The second-order valence-corrected chi connectivity index (χ2v) is 4.16. The number of non-ortho nitro benzene ring substituents is 1. The van der Waals surface area contributed by atoms with Gasteiger partial charge in [0.25, 0.3) is 5.69 Å². The van der Waals surface area contributed by atoms with Crippen LogP contribution in [0.2, 0.25) is 0 Å². The third-order valence-electron chi connectivity index (χ3n) is 2.71. The molecule has 0 bridgehead atoms. The number of nitrogens with two attached hydrogens (primary N) is 1. The smallest absolute Gasteiger partial charge is 0.305 e. The molecule has 0 saturated carbocycles. The van der Waals surface area contributed by atoms with E-state index < -0.39 is 4.92 Å². The number of benzene rings is 1. The Kier molecular flexibility index (Phi) is 5.95. The number of nitrogens with zero attached hydrogens (tertiary/aromatic N) is 1. The highest BCUT2D eigenvalue weighted by Crippen LogP contribution is 2.21. The zero-order chi connectivity index (χ0) is 14.3. The summed E-state index contributed by atoms with van der Waals surface area (Å²) in [6.07, 6.45) is 1.50. The number of esters is 1. The zero-order valence-electron chi connectivity index (χ0n) is 10.9. The normalized spacial score (nSPS) is 11.9. The zero-order valence-corrected chi connectivity index (χ0v) is 10.9. The summed E-state index contributed by atoms with van der Waals surface area (Å²) in [6, 6.07) is 5.94. The van der Waals surface area contributed by atoms with Gasteiger partial charge in [-0.3, -0.25) is 14.9 Å². The Hall–Kier alpha value is -1.95. The first-order valence-corrected chi connectivity index (χ1v) is 6.20. The minimum Gasteiger partial charge on any atom is -0.466 e. The maximum atomic E-state index is 11.2. The molecule has 0 spiro atoms. The number of carbonyl (C=O) groups is 1. The van der Waals surface area contributed by atoms with Crippen molar-refractivity contribution in [2.75, 3.05) is 6.61 Å². The van der Waals surface area contributed by atoms with Crippen LogP contribution in [0.25, 0.3) is 0 Å². The summed E-state index contributed by atoms with van der Waals surface area (Å²) in [5.41, 5.74) is 6.68. The quantitative estimate of drug-likeness (QED) is 0.464. The highest BCUT2D eigenvalue weighted by Gasteiger charge is 2.12. The predicted molar refractivity (Wildman–Crippen MR) is 70.5 cm³/mol. The van der Waals surface area contributed by atoms with Crippen LogP contribution >= 0.6 is 0 Å². The maximum Gasteiger partial charge on any atom is 0.305 e. The van der Waals surface area contributed by atoms with Gasteiger partial charge in [0.05, 0.1) is 11.5 Å². The fourth-order valence-corrected chi connectivity index (χ4v) is 1.74. The molecule has 0 heterocycles. The van der Waals surface area contributed by atoms with E-state index in [1.54, 1.807) is 19.1 Å². The summed E-state index contributed by atoms with van der Waals surface area (Å²) in [5.74, 6) is -0.242. The van der Waals surface area contributed by atoms with Crippen LogP contribution in [0, 0.1) is 10.1 Å². The van der Waals surface area contributed by atoms with E-state index in [1.807, 2.05) is 0 Å². The lowest BCUT2D eigenvalue weighted by atomic mass is 10.0. The molecular formula is C13H18N2O4. The first-order valence-electron chi connectivity index (χ1n) is 6.20. The van der Waals surface area contributed by atoms with Crippen LogP contribution in [-0.2, 0) is 9.53 Å². The van der Waals surface area contributed by atoms with Gasteiger partial charge in [-0.2, -0.15) is 0 Å². The molecule has 1 aromatic carbocycles. The van der Waals surface area contributed by atoms with E-state index >= 15 is 0 Å². The Morgan fingerprint density at radius 3 is 2.89 bits per heavy atom. The minimum absolute atomic E-state index is 0.0262. The summed E-state index contributed by atoms with van der Waals surface area (Å²) in [7, 11) is 0. The molecule has 0 fully saturated rings. The Balaban J connectivity index is 2.49. The molecule has 2 N–H and O–H groups in total. The first-order chi connectivity index (χ1) is 9.04. The topological polar surface area (TPSA) is 95.5 Å². The number of hydrogen-bond acceptors (Lipinski definition) is 5. The van der Waals surface area contributed by atoms with Crippen molar-refractivity contribution in [2.45, 2.75) is 32.2 Å². The van der Waals surface area contributed by atoms with Crippen molar-refractivity contribution < 1.29 is 14.5 Å². The Bertz CT molecular complexity index is 448. The summed E-state index contributed by atoms with van der Waals surface area (Å²) in [4.78, 5) is 21.4. The summed E-state index contributed by atoms with van der Waals surface area (Å²) >= 11 is 0. The van der Waals surface area contributed by atoms with Gasteiger partial charge in [-0.25, -0.2) is 0 Å². The van der Waals surface area contributed by atoms with Crippen LogP contribution < -0.4 is 5.73 Å². The lowest BCUT2D eigenvalue weighted by molar-refractivity contribution is -0.384. The van der Waals surface area contributed by atoms with Crippen LogP contribution in [0.1, 0.15) is 37.8 Å². The lowest BCUT2D eigenvalue weighted by Gasteiger charge is -2.11. The van der Waals surface area contributed by atoms with E-state index in [0.717, 1.165) is 0 Å². The monoisotopic (exact) mass is 266 g/mol. The molecule has 6 heteroatoms. The van der Waals surface area contributed by atoms with Gasteiger partial charge >= 0.3 is 5.97 Å². The van der Waals surface area contributed by atoms with Gasteiger partial charge in [-0.15, -0.1) is 0 Å². The van der Waals surface area contributed by atoms with E-state index in [9.17, 15) is 14.9 Å². The second kappa shape index (κ2) is 7.48. The van der Waals surface area contributed by atoms with Crippen molar-refractivity contribution in [3.8, 4) is 0 Å².